The minimum Gasteiger partial charge on any atom is -0.394 e. The maximum absolute atomic E-state index is 13.1. The molecule has 1 amide bonds. The van der Waals surface area contributed by atoms with Crippen molar-refractivity contribution in [2.24, 2.45) is 0 Å². The van der Waals surface area contributed by atoms with Gasteiger partial charge in [0, 0.05) is 6.42 Å². The molecule has 1 aliphatic heterocycles. The van der Waals surface area contributed by atoms with Gasteiger partial charge in [0.05, 0.1) is 25.4 Å². The van der Waals surface area contributed by atoms with Crippen molar-refractivity contribution in [1.29, 1.82) is 0 Å². The van der Waals surface area contributed by atoms with E-state index in [9.17, 15) is 30.3 Å². The number of nitrogens with one attached hydrogen (secondary N) is 1. The number of aliphatic hydroxyl groups is 5. The Morgan fingerprint density at radius 2 is 0.741 bits per heavy atom. The Kier molecular flexibility index (Phi) is 60.0. The van der Waals surface area contributed by atoms with Gasteiger partial charge >= 0.3 is 0 Å². The van der Waals surface area contributed by atoms with E-state index in [1.54, 1.807) is 6.08 Å². The second kappa shape index (κ2) is 63.9. The van der Waals surface area contributed by atoms with Crippen LogP contribution in [0.15, 0.2) is 109 Å². The van der Waals surface area contributed by atoms with Gasteiger partial charge in [-0.3, -0.25) is 4.79 Å². The third kappa shape index (κ3) is 52.5. The fourth-order valence-corrected chi connectivity index (χ4v) is 10.8. The Morgan fingerprint density at radius 1 is 0.412 bits per heavy atom. The zero-order valence-corrected chi connectivity index (χ0v) is 54.8. The van der Waals surface area contributed by atoms with Crippen LogP contribution < -0.4 is 5.32 Å². The summed E-state index contributed by atoms with van der Waals surface area (Å²) < 4.78 is 11.3. The largest absolute Gasteiger partial charge is 0.394 e. The maximum Gasteiger partial charge on any atom is 0.220 e. The van der Waals surface area contributed by atoms with Crippen molar-refractivity contribution >= 4 is 5.91 Å². The number of carbonyl (C=O) groups excluding carboxylic acids is 1. The molecule has 85 heavy (non-hydrogen) atoms. The van der Waals surface area contributed by atoms with E-state index in [4.69, 9.17) is 9.47 Å². The zero-order valence-electron chi connectivity index (χ0n) is 54.8. The molecule has 9 nitrogen and oxygen atoms in total. The van der Waals surface area contributed by atoms with Crippen LogP contribution in [0.3, 0.4) is 0 Å². The van der Waals surface area contributed by atoms with Crippen LogP contribution in [-0.2, 0) is 14.3 Å². The Labute approximate surface area is 523 Å². The van der Waals surface area contributed by atoms with Gasteiger partial charge in [0.2, 0.25) is 5.91 Å². The van der Waals surface area contributed by atoms with Crippen molar-refractivity contribution in [2.75, 3.05) is 13.2 Å². The molecular weight excluding hydrogens is 1050 g/mol. The van der Waals surface area contributed by atoms with Crippen LogP contribution in [0.5, 0.6) is 0 Å². The number of carbonyl (C=O) groups is 1. The van der Waals surface area contributed by atoms with Crippen molar-refractivity contribution in [3.05, 3.63) is 109 Å². The number of allylic oxidation sites excluding steroid dienone is 17. The number of hydrogen-bond acceptors (Lipinski definition) is 8. The summed E-state index contributed by atoms with van der Waals surface area (Å²) in [4.78, 5) is 13.1. The zero-order chi connectivity index (χ0) is 61.4. The van der Waals surface area contributed by atoms with Gasteiger partial charge in [-0.2, -0.15) is 0 Å². The van der Waals surface area contributed by atoms with E-state index >= 15 is 0 Å². The van der Waals surface area contributed by atoms with Gasteiger partial charge in [0.15, 0.2) is 6.29 Å². The van der Waals surface area contributed by atoms with Gasteiger partial charge in [-0.1, -0.05) is 322 Å². The van der Waals surface area contributed by atoms with E-state index in [0.29, 0.717) is 6.42 Å². The first kappa shape index (κ1) is 79.9. The molecule has 9 heteroatoms. The normalized spacial score (nSPS) is 18.8. The lowest BCUT2D eigenvalue weighted by Gasteiger charge is -2.40. The average molecular weight is 1190 g/mol. The molecule has 0 aromatic rings. The minimum absolute atomic E-state index is 0.189. The standard InChI is InChI=1S/C76H133NO8/c1-3-5-7-9-11-13-15-17-19-21-23-25-27-29-31-32-33-34-35-36-37-38-40-42-44-46-48-50-52-54-56-58-60-62-64-66-72(80)77-69(68-84-76-75(83)74(82)73(81)71(67-78)85-76)70(79)65-63-61-59-57-55-53-51-49-47-45-43-41-39-30-28-26-24-22-20-18-16-14-12-10-8-6-4-2/h5,7,11,13,17,19,23,25,29,31,33-34,36-37,55,57,63,65,69-71,73-76,78-79,81-83H,3-4,6,8-10,12,14-16,18,20-22,24,26-28,30,32,35,38-54,56,58-62,64,66-68H2,1-2H3,(H,77,80)/b7-5-,13-11-,19-17-,25-23-,31-29-,34-33-,37-36-,57-55+,65-63+. The molecule has 0 aliphatic carbocycles. The fourth-order valence-electron chi connectivity index (χ4n) is 10.8. The predicted molar refractivity (Wildman–Crippen MR) is 364 cm³/mol. The highest BCUT2D eigenvalue weighted by Crippen LogP contribution is 2.23. The number of hydrogen-bond donors (Lipinski definition) is 6. The monoisotopic (exact) mass is 1190 g/mol. The molecule has 0 saturated carbocycles. The fraction of sp³-hybridized carbons (Fsp3) is 0.750. The van der Waals surface area contributed by atoms with Gasteiger partial charge < -0.3 is 40.3 Å². The van der Waals surface area contributed by atoms with Gasteiger partial charge in [0.25, 0.3) is 0 Å². The first-order chi connectivity index (χ1) is 41.8. The van der Waals surface area contributed by atoms with Gasteiger partial charge in [-0.15, -0.1) is 0 Å². The molecule has 1 fully saturated rings. The van der Waals surface area contributed by atoms with E-state index in [1.165, 1.54) is 205 Å². The summed E-state index contributed by atoms with van der Waals surface area (Å²) in [7, 11) is 0. The average Bonchev–Trinajstić information content (AvgIpc) is 3.71. The van der Waals surface area contributed by atoms with Gasteiger partial charge in [-0.05, 0) is 89.9 Å². The smallest absolute Gasteiger partial charge is 0.220 e. The summed E-state index contributed by atoms with van der Waals surface area (Å²) in [5.74, 6) is -0.189. The van der Waals surface area contributed by atoms with Gasteiger partial charge in [-0.25, -0.2) is 0 Å². The Morgan fingerprint density at radius 3 is 1.13 bits per heavy atom. The van der Waals surface area contributed by atoms with E-state index in [1.807, 2.05) is 6.08 Å². The van der Waals surface area contributed by atoms with Crippen LogP contribution in [0.25, 0.3) is 0 Å². The van der Waals surface area contributed by atoms with E-state index in [2.05, 4.69) is 116 Å². The molecular formula is C76H133NO8. The number of ether oxygens (including phenoxy) is 2. The topological polar surface area (TPSA) is 149 Å². The number of unbranched alkanes of at least 4 members (excludes halogenated alkanes) is 35. The minimum atomic E-state index is -1.58. The van der Waals surface area contributed by atoms with E-state index in [-0.39, 0.29) is 12.5 Å². The second-order valence-corrected chi connectivity index (χ2v) is 24.3. The van der Waals surface area contributed by atoms with Crippen molar-refractivity contribution in [1.82, 2.24) is 5.32 Å². The highest BCUT2D eigenvalue weighted by atomic mass is 16.7. The molecule has 0 bridgehead atoms. The van der Waals surface area contributed by atoms with Crippen LogP contribution in [-0.4, -0.2) is 87.5 Å². The maximum atomic E-state index is 13.1. The third-order valence-electron chi connectivity index (χ3n) is 16.3. The van der Waals surface area contributed by atoms with E-state index < -0.39 is 49.5 Å². The molecule has 1 heterocycles. The number of rotatable bonds is 61. The summed E-state index contributed by atoms with van der Waals surface area (Å²) in [6, 6.07) is -0.831. The van der Waals surface area contributed by atoms with Crippen LogP contribution >= 0.6 is 0 Å². The van der Waals surface area contributed by atoms with Crippen LogP contribution in [0.1, 0.15) is 309 Å². The van der Waals surface area contributed by atoms with Crippen molar-refractivity contribution < 1.29 is 39.8 Å². The third-order valence-corrected chi connectivity index (χ3v) is 16.3. The molecule has 0 aromatic heterocycles. The van der Waals surface area contributed by atoms with Crippen molar-refractivity contribution in [3.63, 3.8) is 0 Å². The lowest BCUT2D eigenvalue weighted by molar-refractivity contribution is -0.302. The number of aliphatic hydroxyl groups excluding tert-OH is 5. The van der Waals surface area contributed by atoms with Crippen molar-refractivity contribution in [2.45, 2.75) is 352 Å². The molecule has 6 N–H and O–H groups in total. The molecule has 0 spiro atoms. The Bertz CT molecular complexity index is 1710. The lowest BCUT2D eigenvalue weighted by Crippen LogP contribution is -2.60. The molecule has 7 unspecified atom stereocenters. The Hall–Kier alpha value is -3.15. The molecule has 1 saturated heterocycles. The highest BCUT2D eigenvalue weighted by molar-refractivity contribution is 5.76. The highest BCUT2D eigenvalue weighted by Gasteiger charge is 2.44. The molecule has 0 aromatic carbocycles. The van der Waals surface area contributed by atoms with Crippen LogP contribution in [0, 0.1) is 0 Å². The van der Waals surface area contributed by atoms with Crippen LogP contribution in [0.2, 0.25) is 0 Å². The first-order valence-electron chi connectivity index (χ1n) is 35.6. The predicted octanol–water partition coefficient (Wildman–Crippen LogP) is 19.6. The summed E-state index contributed by atoms with van der Waals surface area (Å²) in [5.41, 5.74) is 0. The molecule has 1 rings (SSSR count). The summed E-state index contributed by atoms with van der Waals surface area (Å²) in [6.07, 6.45) is 87.6. The Balaban J connectivity index is 2.16. The van der Waals surface area contributed by atoms with Crippen molar-refractivity contribution in [3.8, 4) is 0 Å². The molecule has 490 valence electrons. The SMILES string of the molecule is CC/C=C\C/C=C\C/C=C\C/C=C\C/C=C\C/C=C\C/C=C\CCCCCCCCCCCCCCCC(=O)NC(COC1OC(CO)C(O)C(O)C1O)C(O)/C=C/CC/C=C/CCCCCCCCCCCCCCCCCCCCCCC. The molecule has 1 aliphatic rings. The van der Waals surface area contributed by atoms with Crippen LogP contribution in [0.4, 0.5) is 0 Å². The summed E-state index contributed by atoms with van der Waals surface area (Å²) in [5, 5.41) is 54.8. The lowest BCUT2D eigenvalue weighted by atomic mass is 9.99. The second-order valence-electron chi connectivity index (χ2n) is 24.3. The number of amides is 1. The summed E-state index contributed by atoms with van der Waals surface area (Å²) >= 11 is 0. The first-order valence-corrected chi connectivity index (χ1v) is 35.6. The summed E-state index contributed by atoms with van der Waals surface area (Å²) in [6.45, 7) is 3.68. The molecule has 7 atom stereocenters. The van der Waals surface area contributed by atoms with E-state index in [0.717, 1.165) is 83.5 Å². The van der Waals surface area contributed by atoms with Gasteiger partial charge in [0.1, 0.15) is 24.4 Å². The molecule has 0 radical (unpaired) electrons. The quantitative estimate of drug-likeness (QED) is 0.0261.